The number of aromatic nitrogens is 1. The molecule has 0 saturated carbocycles. The number of pyridine rings is 1. The van der Waals surface area contributed by atoms with Crippen molar-refractivity contribution in [1.82, 2.24) is 4.98 Å². The van der Waals surface area contributed by atoms with Crippen LogP contribution in [0.25, 0.3) is 0 Å². The summed E-state index contributed by atoms with van der Waals surface area (Å²) in [6.07, 6.45) is 3.43. The van der Waals surface area contributed by atoms with Gasteiger partial charge in [0.1, 0.15) is 5.75 Å². The van der Waals surface area contributed by atoms with E-state index in [1.165, 1.54) is 0 Å². The van der Waals surface area contributed by atoms with Gasteiger partial charge in [0.05, 0.1) is 12.1 Å². The lowest BCUT2D eigenvalue weighted by molar-refractivity contribution is -0.139. The molecule has 1 aromatic carbocycles. The first-order chi connectivity index (χ1) is 10.1. The average Bonchev–Trinajstić information content (AvgIpc) is 2.47. The van der Waals surface area contributed by atoms with Gasteiger partial charge in [-0.05, 0) is 23.8 Å². The van der Waals surface area contributed by atoms with Gasteiger partial charge in [0.25, 0.3) is 0 Å². The van der Waals surface area contributed by atoms with Crippen molar-refractivity contribution in [2.75, 3.05) is 11.9 Å². The third-order valence-corrected chi connectivity index (χ3v) is 2.60. The fourth-order valence-electron chi connectivity index (χ4n) is 1.72. The fraction of sp³-hybridized carbons (Fsp3) is 0.133. The molecule has 0 fully saturated rings. The Morgan fingerprint density at radius 3 is 2.71 bits per heavy atom. The molecule has 0 atom stereocenters. The number of hydrogen-bond acceptors (Lipinski definition) is 4. The van der Waals surface area contributed by atoms with Gasteiger partial charge in [-0.15, -0.1) is 0 Å². The van der Waals surface area contributed by atoms with Crippen LogP contribution in [0.3, 0.4) is 0 Å². The highest BCUT2D eigenvalue weighted by Crippen LogP contribution is 2.23. The van der Waals surface area contributed by atoms with Gasteiger partial charge in [0.15, 0.2) is 6.61 Å². The molecule has 0 aliphatic rings. The number of nitrogens with one attached hydrogen (secondary N) is 1. The topological polar surface area (TPSA) is 88.5 Å². The molecule has 0 saturated heterocycles. The number of hydrogen-bond donors (Lipinski definition) is 2. The SMILES string of the molecule is O=C(O)COc1ccccc1NC(=O)Cc1cccnc1. The van der Waals surface area contributed by atoms with Crippen molar-refractivity contribution >= 4 is 17.6 Å². The lowest BCUT2D eigenvalue weighted by Gasteiger charge is -2.11. The second-order valence-electron chi connectivity index (χ2n) is 4.26. The van der Waals surface area contributed by atoms with Gasteiger partial charge in [-0.25, -0.2) is 4.79 Å². The number of carbonyl (C=O) groups is 2. The van der Waals surface area contributed by atoms with Crippen LogP contribution in [0.1, 0.15) is 5.56 Å². The predicted octanol–water partition coefficient (Wildman–Crippen LogP) is 1.73. The molecule has 21 heavy (non-hydrogen) atoms. The Balaban J connectivity index is 2.01. The maximum absolute atomic E-state index is 12.0. The molecule has 0 bridgehead atoms. The van der Waals surface area contributed by atoms with Crippen molar-refractivity contribution in [2.24, 2.45) is 0 Å². The Morgan fingerprint density at radius 2 is 2.00 bits per heavy atom. The quantitative estimate of drug-likeness (QED) is 0.844. The monoisotopic (exact) mass is 286 g/mol. The molecule has 2 rings (SSSR count). The van der Waals surface area contributed by atoms with Gasteiger partial charge in [-0.1, -0.05) is 18.2 Å². The summed E-state index contributed by atoms with van der Waals surface area (Å²) in [7, 11) is 0. The maximum atomic E-state index is 12.0. The van der Waals surface area contributed by atoms with Crippen LogP contribution in [0.4, 0.5) is 5.69 Å². The van der Waals surface area contributed by atoms with Crippen LogP contribution >= 0.6 is 0 Å². The molecule has 0 radical (unpaired) electrons. The molecule has 0 spiro atoms. The number of aliphatic carboxylic acids is 1. The molecule has 6 nitrogen and oxygen atoms in total. The molecule has 1 heterocycles. The van der Waals surface area contributed by atoms with Crippen LogP contribution in [0.2, 0.25) is 0 Å². The van der Waals surface area contributed by atoms with Crippen LogP contribution in [0.15, 0.2) is 48.8 Å². The van der Waals surface area contributed by atoms with E-state index in [-0.39, 0.29) is 12.3 Å². The number of carboxylic acids is 1. The van der Waals surface area contributed by atoms with Gasteiger partial charge in [0, 0.05) is 12.4 Å². The van der Waals surface area contributed by atoms with Gasteiger partial charge in [-0.3, -0.25) is 9.78 Å². The summed E-state index contributed by atoms with van der Waals surface area (Å²) in [6, 6.07) is 10.2. The van der Waals surface area contributed by atoms with E-state index in [4.69, 9.17) is 9.84 Å². The Kier molecular flexibility index (Phi) is 4.87. The number of benzene rings is 1. The normalized spacial score (nSPS) is 9.90. The zero-order chi connectivity index (χ0) is 15.1. The van der Waals surface area contributed by atoms with Gasteiger partial charge < -0.3 is 15.2 Å². The molecular weight excluding hydrogens is 272 g/mol. The van der Waals surface area contributed by atoms with Crippen LogP contribution in [-0.2, 0) is 16.0 Å². The fourth-order valence-corrected chi connectivity index (χ4v) is 1.72. The smallest absolute Gasteiger partial charge is 0.341 e. The maximum Gasteiger partial charge on any atom is 0.341 e. The Hall–Kier alpha value is -2.89. The van der Waals surface area contributed by atoms with E-state index in [1.54, 1.807) is 48.8 Å². The summed E-state index contributed by atoms with van der Waals surface area (Å²) in [5.74, 6) is -0.986. The summed E-state index contributed by atoms with van der Waals surface area (Å²) >= 11 is 0. The summed E-state index contributed by atoms with van der Waals surface area (Å²) in [5, 5.41) is 11.3. The summed E-state index contributed by atoms with van der Waals surface area (Å²) in [4.78, 5) is 26.4. The first-order valence-electron chi connectivity index (χ1n) is 6.27. The number of amides is 1. The van der Waals surface area contributed by atoms with Crippen LogP contribution in [-0.4, -0.2) is 28.6 Å². The van der Waals surface area contributed by atoms with Gasteiger partial charge in [-0.2, -0.15) is 0 Å². The van der Waals surface area contributed by atoms with E-state index in [2.05, 4.69) is 10.3 Å². The standard InChI is InChI=1S/C15H14N2O4/c18-14(8-11-4-3-7-16-9-11)17-12-5-1-2-6-13(12)21-10-15(19)20/h1-7,9H,8,10H2,(H,17,18)(H,19,20). The summed E-state index contributed by atoms with van der Waals surface area (Å²) in [6.45, 7) is -0.463. The van der Waals surface area contributed by atoms with E-state index in [9.17, 15) is 9.59 Å². The molecule has 6 heteroatoms. The van der Waals surface area contributed by atoms with Crippen LogP contribution < -0.4 is 10.1 Å². The minimum absolute atomic E-state index is 0.182. The van der Waals surface area contributed by atoms with Crippen molar-refractivity contribution in [3.05, 3.63) is 54.4 Å². The van der Waals surface area contributed by atoms with Crippen molar-refractivity contribution < 1.29 is 19.4 Å². The second-order valence-corrected chi connectivity index (χ2v) is 4.26. The Labute approximate surface area is 121 Å². The number of rotatable bonds is 6. The van der Waals surface area contributed by atoms with Crippen LogP contribution in [0, 0.1) is 0 Å². The van der Waals surface area contributed by atoms with E-state index < -0.39 is 12.6 Å². The highest BCUT2D eigenvalue weighted by atomic mass is 16.5. The van der Waals surface area contributed by atoms with Gasteiger partial charge in [0.2, 0.25) is 5.91 Å². The third-order valence-electron chi connectivity index (χ3n) is 2.60. The lowest BCUT2D eigenvalue weighted by atomic mass is 10.2. The van der Waals surface area contributed by atoms with Crippen LogP contribution in [0.5, 0.6) is 5.75 Å². The second kappa shape index (κ2) is 7.04. The van der Waals surface area contributed by atoms with Gasteiger partial charge >= 0.3 is 5.97 Å². The van der Waals surface area contributed by atoms with E-state index in [0.29, 0.717) is 11.4 Å². The number of ether oxygens (including phenoxy) is 1. The molecule has 1 amide bonds. The summed E-state index contributed by atoms with van der Waals surface area (Å²) in [5.41, 5.74) is 1.23. The predicted molar refractivity (Wildman–Crippen MR) is 76.1 cm³/mol. The van der Waals surface area contributed by atoms with E-state index in [1.807, 2.05) is 0 Å². The highest BCUT2D eigenvalue weighted by molar-refractivity contribution is 5.93. The number of carboxylic acid groups (broad SMARTS) is 1. The first kappa shape index (κ1) is 14.5. The molecular formula is C15H14N2O4. The highest BCUT2D eigenvalue weighted by Gasteiger charge is 2.09. The van der Waals surface area contributed by atoms with Crippen molar-refractivity contribution in [2.45, 2.75) is 6.42 Å². The zero-order valence-electron chi connectivity index (χ0n) is 11.2. The molecule has 2 aromatic rings. The summed E-state index contributed by atoms with van der Waals surface area (Å²) < 4.78 is 5.12. The largest absolute Gasteiger partial charge is 0.480 e. The molecule has 108 valence electrons. The number of nitrogens with zero attached hydrogens (tertiary/aromatic N) is 1. The molecule has 2 N–H and O–H groups in total. The molecule has 1 aromatic heterocycles. The third kappa shape index (κ3) is 4.61. The van der Waals surface area contributed by atoms with Crippen molar-refractivity contribution in [3.63, 3.8) is 0 Å². The van der Waals surface area contributed by atoms with Crippen molar-refractivity contribution in [3.8, 4) is 5.75 Å². The van der Waals surface area contributed by atoms with E-state index in [0.717, 1.165) is 5.56 Å². The average molecular weight is 286 g/mol. The van der Waals surface area contributed by atoms with Crippen molar-refractivity contribution in [1.29, 1.82) is 0 Å². The first-order valence-corrected chi connectivity index (χ1v) is 6.27. The molecule has 0 unspecified atom stereocenters. The zero-order valence-corrected chi connectivity index (χ0v) is 11.2. The Morgan fingerprint density at radius 1 is 1.19 bits per heavy atom. The van der Waals surface area contributed by atoms with E-state index >= 15 is 0 Å². The number of para-hydroxylation sites is 2. The minimum atomic E-state index is -1.08. The molecule has 0 aliphatic carbocycles. The molecule has 0 aliphatic heterocycles. The lowest BCUT2D eigenvalue weighted by Crippen LogP contribution is -2.16. The number of carbonyl (C=O) groups excluding carboxylic acids is 1. The Bertz CT molecular complexity index is 629. The minimum Gasteiger partial charge on any atom is -0.480 e. The number of anilines is 1.